The quantitative estimate of drug-likeness (QED) is 0.800. The lowest BCUT2D eigenvalue weighted by molar-refractivity contribution is 0.352. The molecule has 18 heavy (non-hydrogen) atoms. The first-order chi connectivity index (χ1) is 8.66. The van der Waals surface area contributed by atoms with E-state index in [4.69, 9.17) is 18.0 Å². The molecular weight excluding hydrogens is 249 g/mol. The van der Waals surface area contributed by atoms with E-state index >= 15 is 0 Å². The van der Waals surface area contributed by atoms with Gasteiger partial charge in [0, 0.05) is 24.3 Å². The third-order valence-electron chi connectivity index (χ3n) is 3.19. The zero-order valence-corrected chi connectivity index (χ0v) is 11.1. The summed E-state index contributed by atoms with van der Waals surface area (Å²) in [6, 6.07) is 4.48. The molecule has 98 valence electrons. The molecule has 3 N–H and O–H groups in total. The van der Waals surface area contributed by atoms with E-state index in [1.807, 2.05) is 0 Å². The van der Waals surface area contributed by atoms with E-state index in [-0.39, 0.29) is 10.8 Å². The van der Waals surface area contributed by atoms with Gasteiger partial charge in [-0.3, -0.25) is 0 Å². The SMILES string of the molecule is NC(=S)c1cc(F)ccc1NCCN1CCCC1. The molecule has 0 spiro atoms. The van der Waals surface area contributed by atoms with Gasteiger partial charge in [0.2, 0.25) is 0 Å². The number of hydrogen-bond acceptors (Lipinski definition) is 3. The standard InChI is InChI=1S/C13H18FN3S/c14-10-3-4-12(11(9-10)13(15)18)16-5-8-17-6-1-2-7-17/h3-4,9,16H,1-2,5-8H2,(H2,15,18). The zero-order chi connectivity index (χ0) is 13.0. The maximum atomic E-state index is 13.1. The molecule has 1 heterocycles. The molecule has 1 aliphatic heterocycles. The van der Waals surface area contributed by atoms with Crippen LogP contribution in [0.4, 0.5) is 10.1 Å². The van der Waals surface area contributed by atoms with Crippen molar-refractivity contribution in [2.24, 2.45) is 5.73 Å². The Hall–Kier alpha value is -1.20. The second-order valence-corrected chi connectivity index (χ2v) is 4.97. The Morgan fingerprint density at radius 2 is 2.11 bits per heavy atom. The number of halogens is 1. The summed E-state index contributed by atoms with van der Waals surface area (Å²) in [7, 11) is 0. The topological polar surface area (TPSA) is 41.3 Å². The van der Waals surface area contributed by atoms with E-state index in [1.54, 1.807) is 6.07 Å². The normalized spacial score (nSPS) is 15.8. The van der Waals surface area contributed by atoms with Crippen LogP contribution in [0.5, 0.6) is 0 Å². The molecule has 1 fully saturated rings. The molecule has 0 aliphatic carbocycles. The van der Waals surface area contributed by atoms with Crippen molar-refractivity contribution in [3.05, 3.63) is 29.6 Å². The predicted molar refractivity (Wildman–Crippen MR) is 76.5 cm³/mol. The first-order valence-electron chi connectivity index (χ1n) is 6.22. The molecule has 0 amide bonds. The summed E-state index contributed by atoms with van der Waals surface area (Å²) in [6.45, 7) is 4.16. The smallest absolute Gasteiger partial charge is 0.124 e. The number of nitrogens with zero attached hydrogens (tertiary/aromatic N) is 1. The minimum Gasteiger partial charge on any atom is -0.389 e. The summed E-state index contributed by atoms with van der Waals surface area (Å²) in [5.74, 6) is -0.317. The van der Waals surface area contributed by atoms with Crippen molar-refractivity contribution in [3.63, 3.8) is 0 Å². The van der Waals surface area contributed by atoms with E-state index in [9.17, 15) is 4.39 Å². The highest BCUT2D eigenvalue weighted by molar-refractivity contribution is 7.80. The summed E-state index contributed by atoms with van der Waals surface area (Å²) in [5, 5.41) is 3.27. The molecule has 1 saturated heterocycles. The van der Waals surface area contributed by atoms with Crippen LogP contribution in [-0.4, -0.2) is 36.1 Å². The fraction of sp³-hybridized carbons (Fsp3) is 0.462. The summed E-state index contributed by atoms with van der Waals surface area (Å²) >= 11 is 4.93. The van der Waals surface area contributed by atoms with Crippen LogP contribution in [0.25, 0.3) is 0 Å². The van der Waals surface area contributed by atoms with Crippen LogP contribution in [0.1, 0.15) is 18.4 Å². The van der Waals surface area contributed by atoms with Crippen LogP contribution in [0.3, 0.4) is 0 Å². The van der Waals surface area contributed by atoms with E-state index in [1.165, 1.54) is 38.1 Å². The Labute approximate surface area is 112 Å². The van der Waals surface area contributed by atoms with Gasteiger partial charge in [0.25, 0.3) is 0 Å². The summed E-state index contributed by atoms with van der Waals surface area (Å²) in [5.41, 5.74) is 6.98. The number of hydrogen-bond donors (Lipinski definition) is 2. The number of anilines is 1. The Morgan fingerprint density at radius 3 is 2.78 bits per heavy atom. The lowest BCUT2D eigenvalue weighted by Crippen LogP contribution is -2.26. The van der Waals surface area contributed by atoms with E-state index in [0.29, 0.717) is 5.56 Å². The molecule has 0 saturated carbocycles. The Balaban J connectivity index is 1.93. The molecule has 5 heteroatoms. The maximum Gasteiger partial charge on any atom is 0.124 e. The van der Waals surface area contributed by atoms with Gasteiger partial charge in [-0.05, 0) is 44.1 Å². The van der Waals surface area contributed by atoms with Gasteiger partial charge >= 0.3 is 0 Å². The van der Waals surface area contributed by atoms with Crippen molar-refractivity contribution in [2.45, 2.75) is 12.8 Å². The van der Waals surface area contributed by atoms with Gasteiger partial charge in [0.05, 0.1) is 0 Å². The molecule has 1 aromatic carbocycles. The monoisotopic (exact) mass is 267 g/mol. The third-order valence-corrected chi connectivity index (χ3v) is 3.41. The molecular formula is C13H18FN3S. The van der Waals surface area contributed by atoms with Gasteiger partial charge in [-0.2, -0.15) is 0 Å². The summed E-state index contributed by atoms with van der Waals surface area (Å²) < 4.78 is 13.1. The second kappa shape index (κ2) is 6.11. The Morgan fingerprint density at radius 1 is 1.39 bits per heavy atom. The highest BCUT2D eigenvalue weighted by atomic mass is 32.1. The highest BCUT2D eigenvalue weighted by Gasteiger charge is 2.11. The summed E-state index contributed by atoms with van der Waals surface area (Å²) in [4.78, 5) is 2.63. The molecule has 1 aliphatic rings. The van der Waals surface area contributed by atoms with Gasteiger partial charge in [-0.1, -0.05) is 12.2 Å². The average Bonchev–Trinajstić information content (AvgIpc) is 2.84. The number of rotatable bonds is 5. The average molecular weight is 267 g/mol. The predicted octanol–water partition coefficient (Wildman–Crippen LogP) is 1.97. The number of likely N-dealkylation sites (tertiary alicyclic amines) is 1. The largest absolute Gasteiger partial charge is 0.389 e. The molecule has 0 atom stereocenters. The van der Waals surface area contributed by atoms with Gasteiger partial charge < -0.3 is 16.0 Å². The highest BCUT2D eigenvalue weighted by Crippen LogP contribution is 2.17. The third kappa shape index (κ3) is 3.40. The lowest BCUT2D eigenvalue weighted by atomic mass is 10.1. The molecule has 0 radical (unpaired) electrons. The van der Waals surface area contributed by atoms with Crippen molar-refractivity contribution in [1.82, 2.24) is 4.90 Å². The molecule has 0 unspecified atom stereocenters. The first-order valence-corrected chi connectivity index (χ1v) is 6.63. The van der Waals surface area contributed by atoms with Crippen molar-refractivity contribution in [2.75, 3.05) is 31.5 Å². The number of thiocarbonyl (C=S) groups is 1. The van der Waals surface area contributed by atoms with Gasteiger partial charge in [0.15, 0.2) is 0 Å². The second-order valence-electron chi connectivity index (χ2n) is 4.53. The van der Waals surface area contributed by atoms with Gasteiger partial charge in [0.1, 0.15) is 10.8 Å². The van der Waals surface area contributed by atoms with Crippen LogP contribution in [-0.2, 0) is 0 Å². The van der Waals surface area contributed by atoms with E-state index in [0.717, 1.165) is 18.8 Å². The van der Waals surface area contributed by atoms with Crippen LogP contribution >= 0.6 is 12.2 Å². The van der Waals surface area contributed by atoms with Gasteiger partial charge in [-0.25, -0.2) is 4.39 Å². The Kier molecular flexibility index (Phi) is 4.49. The fourth-order valence-corrected chi connectivity index (χ4v) is 2.40. The van der Waals surface area contributed by atoms with E-state index in [2.05, 4.69) is 10.2 Å². The number of benzene rings is 1. The van der Waals surface area contributed by atoms with Crippen LogP contribution < -0.4 is 11.1 Å². The van der Waals surface area contributed by atoms with Crippen LogP contribution in [0.2, 0.25) is 0 Å². The van der Waals surface area contributed by atoms with Crippen molar-refractivity contribution >= 4 is 22.9 Å². The molecule has 0 aromatic heterocycles. The van der Waals surface area contributed by atoms with Crippen molar-refractivity contribution in [1.29, 1.82) is 0 Å². The maximum absolute atomic E-state index is 13.1. The minimum atomic E-state index is -0.317. The molecule has 3 nitrogen and oxygen atoms in total. The first kappa shape index (κ1) is 13.2. The fourth-order valence-electron chi connectivity index (χ4n) is 2.23. The van der Waals surface area contributed by atoms with Crippen molar-refractivity contribution in [3.8, 4) is 0 Å². The van der Waals surface area contributed by atoms with Gasteiger partial charge in [-0.15, -0.1) is 0 Å². The minimum absolute atomic E-state index is 0.221. The van der Waals surface area contributed by atoms with E-state index < -0.39 is 0 Å². The zero-order valence-electron chi connectivity index (χ0n) is 10.3. The van der Waals surface area contributed by atoms with Crippen LogP contribution in [0, 0.1) is 5.82 Å². The van der Waals surface area contributed by atoms with Crippen LogP contribution in [0.15, 0.2) is 18.2 Å². The van der Waals surface area contributed by atoms with Crippen molar-refractivity contribution < 1.29 is 4.39 Å². The molecule has 2 rings (SSSR count). The number of nitrogens with one attached hydrogen (secondary N) is 1. The summed E-state index contributed by atoms with van der Waals surface area (Å²) in [6.07, 6.45) is 2.57. The molecule has 1 aromatic rings. The number of nitrogens with two attached hydrogens (primary N) is 1. The Bertz CT molecular complexity index is 430. The lowest BCUT2D eigenvalue weighted by Gasteiger charge is -2.16. The molecule has 0 bridgehead atoms.